The molecule has 0 aliphatic heterocycles. The summed E-state index contributed by atoms with van der Waals surface area (Å²) in [6.07, 6.45) is 1.85. The minimum atomic E-state index is -0.923. The topological polar surface area (TPSA) is 62.2 Å². The smallest absolute Gasteiger partial charge is 0.335 e. The SMILES string of the molecule is CC(Nc1cccc(C(=O)O)c1)c1cnc2ccsc2c1. The van der Waals surface area contributed by atoms with Crippen LogP contribution in [-0.4, -0.2) is 16.1 Å². The predicted molar refractivity (Wildman–Crippen MR) is 85.1 cm³/mol. The largest absolute Gasteiger partial charge is 0.478 e. The van der Waals surface area contributed by atoms with Gasteiger partial charge in [-0.3, -0.25) is 4.98 Å². The van der Waals surface area contributed by atoms with E-state index in [2.05, 4.69) is 16.4 Å². The molecule has 0 bridgehead atoms. The molecule has 1 unspecified atom stereocenters. The Morgan fingerprint density at radius 2 is 2.19 bits per heavy atom. The first kappa shape index (κ1) is 13.6. The van der Waals surface area contributed by atoms with Crippen LogP contribution in [0.15, 0.2) is 48.0 Å². The maximum absolute atomic E-state index is 11.0. The number of carboxylic acid groups (broad SMARTS) is 1. The molecule has 3 aromatic rings. The van der Waals surface area contributed by atoms with Gasteiger partial charge in [0.15, 0.2) is 0 Å². The molecule has 0 radical (unpaired) electrons. The van der Waals surface area contributed by atoms with E-state index in [4.69, 9.17) is 5.11 Å². The molecule has 0 aliphatic rings. The van der Waals surface area contributed by atoms with Crippen molar-refractivity contribution in [1.29, 1.82) is 0 Å². The minimum Gasteiger partial charge on any atom is -0.478 e. The van der Waals surface area contributed by atoms with E-state index in [1.54, 1.807) is 29.5 Å². The van der Waals surface area contributed by atoms with E-state index in [1.165, 1.54) is 0 Å². The third-order valence-electron chi connectivity index (χ3n) is 3.32. The van der Waals surface area contributed by atoms with Gasteiger partial charge in [-0.05, 0) is 48.2 Å². The lowest BCUT2D eigenvalue weighted by Gasteiger charge is -2.15. The molecule has 0 fully saturated rings. The lowest BCUT2D eigenvalue weighted by atomic mass is 10.1. The van der Waals surface area contributed by atoms with Gasteiger partial charge < -0.3 is 10.4 Å². The molecule has 2 N–H and O–H groups in total. The van der Waals surface area contributed by atoms with Crippen LogP contribution < -0.4 is 5.32 Å². The van der Waals surface area contributed by atoms with Crippen LogP contribution in [0, 0.1) is 0 Å². The first-order valence-corrected chi connectivity index (χ1v) is 7.44. The van der Waals surface area contributed by atoms with Gasteiger partial charge in [0.1, 0.15) is 0 Å². The highest BCUT2D eigenvalue weighted by Gasteiger charge is 2.09. The van der Waals surface area contributed by atoms with Crippen LogP contribution in [0.1, 0.15) is 28.9 Å². The summed E-state index contributed by atoms with van der Waals surface area (Å²) in [6, 6.07) is 11.0. The Hall–Kier alpha value is -2.40. The van der Waals surface area contributed by atoms with Crippen molar-refractivity contribution in [1.82, 2.24) is 4.98 Å². The number of aromatic carboxylic acids is 1. The summed E-state index contributed by atoms with van der Waals surface area (Å²) in [6.45, 7) is 2.03. The van der Waals surface area contributed by atoms with Gasteiger partial charge in [-0.1, -0.05) is 6.07 Å². The molecule has 2 heterocycles. The average Bonchev–Trinajstić information content (AvgIpc) is 2.94. The van der Waals surface area contributed by atoms with Crippen LogP contribution in [0.5, 0.6) is 0 Å². The van der Waals surface area contributed by atoms with Crippen molar-refractivity contribution in [2.75, 3.05) is 5.32 Å². The standard InChI is InChI=1S/C16H14N2O2S/c1-10(12-8-15-14(17-9-12)5-6-21-15)18-13-4-2-3-11(7-13)16(19)20/h2-10,18H,1H3,(H,19,20). The fourth-order valence-corrected chi connectivity index (χ4v) is 2.96. The zero-order valence-electron chi connectivity index (χ0n) is 11.4. The number of benzene rings is 1. The van der Waals surface area contributed by atoms with E-state index in [0.717, 1.165) is 21.5 Å². The predicted octanol–water partition coefficient (Wildman–Crippen LogP) is 4.17. The maximum Gasteiger partial charge on any atom is 0.335 e. The Morgan fingerprint density at radius 1 is 1.33 bits per heavy atom. The zero-order valence-corrected chi connectivity index (χ0v) is 12.2. The number of carboxylic acids is 1. The molecule has 1 aromatic carbocycles. The normalized spacial score (nSPS) is 12.2. The number of aromatic nitrogens is 1. The Balaban J connectivity index is 1.83. The number of hydrogen-bond acceptors (Lipinski definition) is 4. The third-order valence-corrected chi connectivity index (χ3v) is 4.17. The number of pyridine rings is 1. The average molecular weight is 298 g/mol. The molecule has 0 aliphatic carbocycles. The third kappa shape index (κ3) is 2.87. The van der Waals surface area contributed by atoms with Crippen LogP contribution in [-0.2, 0) is 0 Å². The van der Waals surface area contributed by atoms with Crippen LogP contribution in [0.25, 0.3) is 10.2 Å². The second-order valence-corrected chi connectivity index (χ2v) is 5.77. The van der Waals surface area contributed by atoms with E-state index in [1.807, 2.05) is 30.6 Å². The van der Waals surface area contributed by atoms with Gasteiger partial charge in [0.25, 0.3) is 0 Å². The second-order valence-electron chi connectivity index (χ2n) is 4.82. The van der Waals surface area contributed by atoms with Crippen LogP contribution in [0.4, 0.5) is 5.69 Å². The van der Waals surface area contributed by atoms with Gasteiger partial charge >= 0.3 is 5.97 Å². The number of hydrogen-bond donors (Lipinski definition) is 2. The number of thiophene rings is 1. The molecular weight excluding hydrogens is 284 g/mol. The van der Waals surface area contributed by atoms with Crippen molar-refractivity contribution in [3.63, 3.8) is 0 Å². The molecule has 0 amide bonds. The van der Waals surface area contributed by atoms with Crippen LogP contribution in [0.3, 0.4) is 0 Å². The molecule has 21 heavy (non-hydrogen) atoms. The second kappa shape index (κ2) is 5.54. The summed E-state index contributed by atoms with van der Waals surface area (Å²) in [5, 5.41) is 14.4. The number of carbonyl (C=O) groups is 1. The van der Waals surface area contributed by atoms with E-state index in [-0.39, 0.29) is 11.6 Å². The molecule has 1 atom stereocenters. The van der Waals surface area contributed by atoms with Crippen LogP contribution >= 0.6 is 11.3 Å². The highest BCUT2D eigenvalue weighted by atomic mass is 32.1. The van der Waals surface area contributed by atoms with Gasteiger partial charge in [0.05, 0.1) is 21.8 Å². The lowest BCUT2D eigenvalue weighted by Crippen LogP contribution is -2.07. The number of rotatable bonds is 4. The van der Waals surface area contributed by atoms with Crippen molar-refractivity contribution >= 4 is 33.2 Å². The molecule has 2 aromatic heterocycles. The summed E-state index contributed by atoms with van der Waals surface area (Å²) >= 11 is 1.66. The molecule has 4 nitrogen and oxygen atoms in total. The molecule has 0 spiro atoms. The Bertz CT molecular complexity index is 798. The first-order valence-electron chi connectivity index (χ1n) is 6.56. The molecule has 5 heteroatoms. The monoisotopic (exact) mass is 298 g/mol. The van der Waals surface area contributed by atoms with Crippen LogP contribution in [0.2, 0.25) is 0 Å². The number of nitrogens with zero attached hydrogens (tertiary/aromatic N) is 1. The Kier molecular flexibility index (Phi) is 3.58. The molecule has 0 saturated carbocycles. The van der Waals surface area contributed by atoms with Gasteiger partial charge in [-0.25, -0.2) is 4.79 Å². The van der Waals surface area contributed by atoms with Crippen molar-refractivity contribution < 1.29 is 9.90 Å². The Labute approximate surface area is 126 Å². The fraction of sp³-hybridized carbons (Fsp3) is 0.125. The minimum absolute atomic E-state index is 0.0491. The zero-order chi connectivity index (χ0) is 14.8. The molecular formula is C16H14N2O2S. The highest BCUT2D eigenvalue weighted by molar-refractivity contribution is 7.17. The van der Waals surface area contributed by atoms with E-state index >= 15 is 0 Å². The summed E-state index contributed by atoms with van der Waals surface area (Å²) < 4.78 is 1.15. The maximum atomic E-state index is 11.0. The van der Waals surface area contributed by atoms with E-state index in [9.17, 15) is 4.79 Å². The van der Waals surface area contributed by atoms with Crippen molar-refractivity contribution in [2.45, 2.75) is 13.0 Å². The number of fused-ring (bicyclic) bond motifs is 1. The van der Waals surface area contributed by atoms with Crippen molar-refractivity contribution in [3.05, 3.63) is 59.1 Å². The first-order chi connectivity index (χ1) is 10.1. The summed E-state index contributed by atoms with van der Waals surface area (Å²) in [5.41, 5.74) is 3.14. The van der Waals surface area contributed by atoms with E-state index in [0.29, 0.717) is 0 Å². The summed E-state index contributed by atoms with van der Waals surface area (Å²) in [5.74, 6) is -0.923. The lowest BCUT2D eigenvalue weighted by molar-refractivity contribution is 0.0697. The highest BCUT2D eigenvalue weighted by Crippen LogP contribution is 2.25. The van der Waals surface area contributed by atoms with E-state index < -0.39 is 5.97 Å². The van der Waals surface area contributed by atoms with Crippen molar-refractivity contribution in [2.24, 2.45) is 0 Å². The van der Waals surface area contributed by atoms with Gasteiger partial charge in [0.2, 0.25) is 0 Å². The molecule has 106 valence electrons. The fourth-order valence-electron chi connectivity index (χ4n) is 2.17. The molecule has 3 rings (SSSR count). The van der Waals surface area contributed by atoms with Gasteiger partial charge in [-0.2, -0.15) is 0 Å². The molecule has 0 saturated heterocycles. The van der Waals surface area contributed by atoms with Gasteiger partial charge in [-0.15, -0.1) is 11.3 Å². The van der Waals surface area contributed by atoms with Crippen molar-refractivity contribution in [3.8, 4) is 0 Å². The van der Waals surface area contributed by atoms with Gasteiger partial charge in [0, 0.05) is 11.9 Å². The quantitative estimate of drug-likeness (QED) is 0.759. The number of nitrogens with one attached hydrogen (secondary N) is 1. The number of anilines is 1. The summed E-state index contributed by atoms with van der Waals surface area (Å²) in [4.78, 5) is 15.4. The summed E-state index contributed by atoms with van der Waals surface area (Å²) in [7, 11) is 0. The Morgan fingerprint density at radius 3 is 3.00 bits per heavy atom.